The molecule has 2 aromatic rings. The summed E-state index contributed by atoms with van der Waals surface area (Å²) in [4.78, 5) is 35.9. The van der Waals surface area contributed by atoms with Gasteiger partial charge in [0.2, 0.25) is 5.91 Å². The van der Waals surface area contributed by atoms with Gasteiger partial charge in [-0.05, 0) is 37.5 Å². The number of benzene rings is 2. The van der Waals surface area contributed by atoms with Gasteiger partial charge in [0.05, 0.1) is 19.8 Å². The maximum absolute atomic E-state index is 12.5. The first-order valence-electron chi connectivity index (χ1n) is 10.3. The highest BCUT2D eigenvalue weighted by Crippen LogP contribution is 2.33. The van der Waals surface area contributed by atoms with E-state index in [9.17, 15) is 14.4 Å². The number of ketones is 1. The molecule has 0 unspecified atom stereocenters. The predicted octanol–water partition coefficient (Wildman–Crippen LogP) is 3.85. The summed E-state index contributed by atoms with van der Waals surface area (Å²) in [5.41, 5.74) is 2.45. The Balaban J connectivity index is 1.98. The lowest BCUT2D eigenvalue weighted by Crippen LogP contribution is -2.21. The van der Waals surface area contributed by atoms with Gasteiger partial charge in [0.25, 0.3) is 0 Å². The normalized spacial score (nSPS) is 10.6. The summed E-state index contributed by atoms with van der Waals surface area (Å²) < 4.78 is 15.9. The topological polar surface area (TPSA) is 90.9 Å². The minimum atomic E-state index is -0.625. The number of ether oxygens (including phenoxy) is 3. The first kappa shape index (κ1) is 24.7. The Hall–Kier alpha value is -3.61. The zero-order valence-electron chi connectivity index (χ0n) is 18.9. The number of allylic oxidation sites excluding steroid dienone is 1. The number of carbonyl (C=O) groups excluding carboxylic acids is 3. The molecule has 7 nitrogen and oxygen atoms in total. The molecule has 0 aliphatic heterocycles. The third-order valence-electron chi connectivity index (χ3n) is 4.72. The number of rotatable bonds is 11. The van der Waals surface area contributed by atoms with Crippen molar-refractivity contribution in [3.63, 3.8) is 0 Å². The summed E-state index contributed by atoms with van der Waals surface area (Å²) >= 11 is 0. The van der Waals surface area contributed by atoms with E-state index < -0.39 is 5.97 Å². The number of hydrogen-bond acceptors (Lipinski definition) is 6. The van der Waals surface area contributed by atoms with E-state index in [0.717, 1.165) is 18.4 Å². The monoisotopic (exact) mass is 439 g/mol. The molecule has 0 saturated carbocycles. The van der Waals surface area contributed by atoms with Crippen LogP contribution < -0.4 is 14.8 Å². The molecule has 1 N–H and O–H groups in total. The van der Waals surface area contributed by atoms with Crippen molar-refractivity contribution in [2.75, 3.05) is 27.4 Å². The van der Waals surface area contributed by atoms with Gasteiger partial charge in [0.15, 0.2) is 23.9 Å². The van der Waals surface area contributed by atoms with E-state index in [1.54, 1.807) is 24.3 Å². The number of aryl methyl sites for hydroxylation is 1. The van der Waals surface area contributed by atoms with Gasteiger partial charge >= 0.3 is 5.97 Å². The summed E-state index contributed by atoms with van der Waals surface area (Å²) in [5, 5.41) is 2.75. The summed E-state index contributed by atoms with van der Waals surface area (Å²) in [7, 11) is 3.01. The Morgan fingerprint density at radius 2 is 1.72 bits per heavy atom. The Kier molecular flexibility index (Phi) is 9.47. The molecule has 0 atom stereocenters. The number of esters is 1. The fraction of sp³-hybridized carbons (Fsp3) is 0.320. The third-order valence-corrected chi connectivity index (χ3v) is 4.72. The number of amides is 1. The molecule has 0 spiro atoms. The van der Waals surface area contributed by atoms with Crippen molar-refractivity contribution in [2.24, 2.45) is 0 Å². The second kappa shape index (κ2) is 12.3. The second-order valence-electron chi connectivity index (χ2n) is 7.08. The van der Waals surface area contributed by atoms with Crippen molar-refractivity contribution >= 4 is 23.7 Å². The largest absolute Gasteiger partial charge is 0.493 e. The molecule has 0 aromatic heterocycles. The summed E-state index contributed by atoms with van der Waals surface area (Å²) in [6.07, 6.45) is 5.21. The summed E-state index contributed by atoms with van der Waals surface area (Å²) in [6.45, 7) is 3.58. The van der Waals surface area contributed by atoms with E-state index in [-0.39, 0.29) is 23.9 Å². The minimum Gasteiger partial charge on any atom is -0.493 e. The number of hydrogen-bond donors (Lipinski definition) is 1. The number of nitrogens with one attached hydrogen (secondary N) is 1. The van der Waals surface area contributed by atoms with E-state index in [0.29, 0.717) is 29.2 Å². The van der Waals surface area contributed by atoms with E-state index in [1.165, 1.54) is 27.2 Å². The quantitative estimate of drug-likeness (QED) is 0.325. The Bertz CT molecular complexity index is 979. The van der Waals surface area contributed by atoms with Crippen LogP contribution in [-0.2, 0) is 16.0 Å². The molecule has 0 bridgehead atoms. The number of Topliss-reactive ketones (excluding diaryl/α,β-unsaturated/α-hetero) is 1. The lowest BCUT2D eigenvalue weighted by atomic mass is 10.1. The predicted molar refractivity (Wildman–Crippen MR) is 122 cm³/mol. The molecule has 0 fully saturated rings. The van der Waals surface area contributed by atoms with Crippen LogP contribution in [0.3, 0.4) is 0 Å². The maximum atomic E-state index is 12.5. The minimum absolute atomic E-state index is 0.0494. The van der Waals surface area contributed by atoms with Crippen LogP contribution in [0.4, 0.5) is 0 Å². The van der Waals surface area contributed by atoms with Gasteiger partial charge in [0.1, 0.15) is 0 Å². The lowest BCUT2D eigenvalue weighted by molar-refractivity contribution is -0.118. The first-order chi connectivity index (χ1) is 15.4. The smallest absolute Gasteiger partial charge is 0.338 e. The lowest BCUT2D eigenvalue weighted by Gasteiger charge is -2.13. The van der Waals surface area contributed by atoms with E-state index in [1.807, 2.05) is 25.1 Å². The highest BCUT2D eigenvalue weighted by molar-refractivity contribution is 5.99. The SMILES string of the molecule is C/C=C/c1cc(C(=O)OCC(=O)c2ccc(CCCNC(C)=O)cc2)cc(OC)c1OC. The van der Waals surface area contributed by atoms with Crippen molar-refractivity contribution < 1.29 is 28.6 Å². The molecule has 0 aliphatic rings. The van der Waals surface area contributed by atoms with Gasteiger partial charge in [-0.25, -0.2) is 4.79 Å². The zero-order chi connectivity index (χ0) is 23.5. The molecule has 1 amide bonds. The van der Waals surface area contributed by atoms with E-state index in [4.69, 9.17) is 14.2 Å². The van der Waals surface area contributed by atoms with Crippen molar-refractivity contribution in [2.45, 2.75) is 26.7 Å². The van der Waals surface area contributed by atoms with Crippen LogP contribution in [0.25, 0.3) is 6.08 Å². The molecule has 0 saturated heterocycles. The molecule has 0 radical (unpaired) electrons. The van der Waals surface area contributed by atoms with Crippen molar-refractivity contribution in [1.82, 2.24) is 5.32 Å². The van der Waals surface area contributed by atoms with Gasteiger partial charge < -0.3 is 19.5 Å². The van der Waals surface area contributed by atoms with Crippen LogP contribution >= 0.6 is 0 Å². The number of methoxy groups -OCH3 is 2. The average Bonchev–Trinajstić information content (AvgIpc) is 2.79. The first-order valence-corrected chi connectivity index (χ1v) is 10.3. The van der Waals surface area contributed by atoms with Gasteiger partial charge in [-0.3, -0.25) is 9.59 Å². The van der Waals surface area contributed by atoms with E-state index in [2.05, 4.69) is 5.32 Å². The van der Waals surface area contributed by atoms with Gasteiger partial charge in [-0.1, -0.05) is 36.4 Å². The van der Waals surface area contributed by atoms with Gasteiger partial charge in [-0.15, -0.1) is 0 Å². The average molecular weight is 440 g/mol. The van der Waals surface area contributed by atoms with Crippen LogP contribution in [0.15, 0.2) is 42.5 Å². The molecule has 2 aromatic carbocycles. The molecular formula is C25H29NO6. The molecular weight excluding hydrogens is 410 g/mol. The molecule has 170 valence electrons. The van der Waals surface area contributed by atoms with Crippen LogP contribution in [0, 0.1) is 0 Å². The molecule has 0 heterocycles. The highest BCUT2D eigenvalue weighted by atomic mass is 16.5. The zero-order valence-corrected chi connectivity index (χ0v) is 18.9. The van der Waals surface area contributed by atoms with Crippen LogP contribution in [0.1, 0.15) is 52.1 Å². The van der Waals surface area contributed by atoms with Crippen LogP contribution in [0.2, 0.25) is 0 Å². The van der Waals surface area contributed by atoms with Gasteiger partial charge in [-0.2, -0.15) is 0 Å². The maximum Gasteiger partial charge on any atom is 0.338 e. The van der Waals surface area contributed by atoms with Crippen LogP contribution in [0.5, 0.6) is 11.5 Å². The Labute approximate surface area is 188 Å². The molecule has 0 aliphatic carbocycles. The molecule has 2 rings (SSSR count). The fourth-order valence-corrected chi connectivity index (χ4v) is 3.13. The fourth-order valence-electron chi connectivity index (χ4n) is 3.13. The molecule has 7 heteroatoms. The van der Waals surface area contributed by atoms with Crippen molar-refractivity contribution in [1.29, 1.82) is 0 Å². The Morgan fingerprint density at radius 3 is 2.31 bits per heavy atom. The summed E-state index contributed by atoms with van der Waals surface area (Å²) in [6, 6.07) is 10.3. The summed E-state index contributed by atoms with van der Waals surface area (Å²) in [5.74, 6) is -0.0607. The van der Waals surface area contributed by atoms with Crippen molar-refractivity contribution in [3.8, 4) is 11.5 Å². The van der Waals surface area contributed by atoms with Crippen molar-refractivity contribution in [3.05, 3.63) is 64.7 Å². The molecule has 32 heavy (non-hydrogen) atoms. The van der Waals surface area contributed by atoms with Gasteiger partial charge in [0, 0.05) is 24.6 Å². The third kappa shape index (κ3) is 6.97. The van der Waals surface area contributed by atoms with E-state index >= 15 is 0 Å². The Morgan fingerprint density at radius 1 is 1.00 bits per heavy atom. The second-order valence-corrected chi connectivity index (χ2v) is 7.08. The standard InChI is InChI=1S/C25H29NO6/c1-5-7-20-14-21(15-23(30-3)24(20)31-4)25(29)32-16-22(28)19-11-9-18(10-12-19)8-6-13-26-17(2)27/h5,7,9-12,14-15H,6,8,13,16H2,1-4H3,(H,26,27)/b7-5+. The number of carbonyl (C=O) groups is 3. The highest BCUT2D eigenvalue weighted by Gasteiger charge is 2.17. The van der Waals surface area contributed by atoms with Crippen LogP contribution in [-0.4, -0.2) is 45.0 Å².